The van der Waals surface area contributed by atoms with E-state index in [4.69, 9.17) is 15.2 Å². The maximum Gasteiger partial charge on any atom is 0.387 e. The number of hydrogen-bond acceptors (Lipinski definition) is 5. The molecule has 0 bridgehead atoms. The molecule has 27 heavy (non-hydrogen) atoms. The largest absolute Gasteiger partial charge is 0.454 e. The second-order valence-corrected chi connectivity index (χ2v) is 5.39. The molecule has 7 nitrogen and oxygen atoms in total. The molecule has 2 heterocycles. The van der Waals surface area contributed by atoms with Gasteiger partial charge in [-0.2, -0.15) is 8.78 Å². The van der Waals surface area contributed by atoms with Gasteiger partial charge in [-0.25, -0.2) is 4.99 Å². The third kappa shape index (κ3) is 6.08. The average Bonchev–Trinajstić information content (AvgIpc) is 3.07. The molecule has 146 valence electrons. The zero-order valence-electron chi connectivity index (χ0n) is 14.2. The Morgan fingerprint density at radius 2 is 2.07 bits per heavy atom. The number of halogens is 3. The number of fused-ring (bicyclic) bond motifs is 1. The quantitative estimate of drug-likeness (QED) is 0.351. The standard InChI is InChI=1S/C17H18F2N4O3.HI/c18-16(19)26-13-8-15-14(24-10-25-15)7-11(13)9-23-17(20)22-6-4-12-3-1-2-5-21-12;/h1-3,5,7-8,16H,4,6,9-10H2,(H3,20,22,23);1H. The first-order valence-electron chi connectivity index (χ1n) is 7.93. The lowest BCUT2D eigenvalue weighted by Gasteiger charge is -2.11. The van der Waals surface area contributed by atoms with Crippen LogP contribution in [-0.4, -0.2) is 30.9 Å². The van der Waals surface area contributed by atoms with E-state index in [0.29, 0.717) is 30.0 Å². The number of ether oxygens (including phenoxy) is 3. The number of pyridine rings is 1. The summed E-state index contributed by atoms with van der Waals surface area (Å²) in [5, 5.41) is 2.96. The van der Waals surface area contributed by atoms with E-state index in [1.54, 1.807) is 12.3 Å². The van der Waals surface area contributed by atoms with E-state index in [1.807, 2.05) is 18.2 Å². The Morgan fingerprint density at radius 1 is 1.30 bits per heavy atom. The molecule has 2 aromatic rings. The van der Waals surface area contributed by atoms with Crippen molar-refractivity contribution in [3.8, 4) is 17.2 Å². The van der Waals surface area contributed by atoms with Crippen LogP contribution in [0.5, 0.6) is 17.2 Å². The van der Waals surface area contributed by atoms with Crippen molar-refractivity contribution in [2.24, 2.45) is 10.7 Å². The molecule has 3 N–H and O–H groups in total. The Balaban J connectivity index is 0.00000261. The second-order valence-electron chi connectivity index (χ2n) is 5.39. The van der Waals surface area contributed by atoms with E-state index >= 15 is 0 Å². The van der Waals surface area contributed by atoms with Crippen LogP contribution < -0.4 is 25.3 Å². The van der Waals surface area contributed by atoms with Crippen LogP contribution in [0, 0.1) is 0 Å². The van der Waals surface area contributed by atoms with E-state index in [1.165, 1.54) is 6.07 Å². The van der Waals surface area contributed by atoms with Crippen LogP contribution in [0.2, 0.25) is 0 Å². The van der Waals surface area contributed by atoms with E-state index in [9.17, 15) is 8.78 Å². The van der Waals surface area contributed by atoms with Crippen LogP contribution in [-0.2, 0) is 13.0 Å². The summed E-state index contributed by atoms with van der Waals surface area (Å²) in [7, 11) is 0. The number of aromatic nitrogens is 1. The lowest BCUT2D eigenvalue weighted by atomic mass is 10.1. The molecule has 0 fully saturated rings. The minimum Gasteiger partial charge on any atom is -0.454 e. The van der Waals surface area contributed by atoms with Crippen molar-refractivity contribution in [1.29, 1.82) is 0 Å². The topological polar surface area (TPSA) is 91.0 Å². The highest BCUT2D eigenvalue weighted by Crippen LogP contribution is 2.38. The maximum absolute atomic E-state index is 12.6. The van der Waals surface area contributed by atoms with E-state index in [0.717, 1.165) is 5.69 Å². The Labute approximate surface area is 171 Å². The molecule has 0 saturated carbocycles. The highest BCUT2D eigenvalue weighted by molar-refractivity contribution is 14.0. The van der Waals surface area contributed by atoms with Crippen molar-refractivity contribution >= 4 is 29.9 Å². The van der Waals surface area contributed by atoms with Crippen molar-refractivity contribution < 1.29 is 23.0 Å². The van der Waals surface area contributed by atoms with Crippen molar-refractivity contribution in [3.05, 3.63) is 47.8 Å². The number of nitrogens with two attached hydrogens (primary N) is 1. The minimum absolute atomic E-state index is 0. The number of alkyl halides is 2. The Bertz CT molecular complexity index is 778. The normalized spacial score (nSPS) is 12.6. The van der Waals surface area contributed by atoms with Crippen molar-refractivity contribution in [3.63, 3.8) is 0 Å². The second kappa shape index (κ2) is 10.1. The third-order valence-corrected chi connectivity index (χ3v) is 3.60. The van der Waals surface area contributed by atoms with Crippen LogP contribution in [0.25, 0.3) is 0 Å². The molecular formula is C17H19F2IN4O3. The number of guanidine groups is 1. The molecule has 0 saturated heterocycles. The summed E-state index contributed by atoms with van der Waals surface area (Å²) in [5.41, 5.74) is 7.17. The van der Waals surface area contributed by atoms with E-state index in [2.05, 4.69) is 20.0 Å². The van der Waals surface area contributed by atoms with E-state index < -0.39 is 6.61 Å². The molecule has 0 spiro atoms. The van der Waals surface area contributed by atoms with E-state index in [-0.39, 0.29) is 49.0 Å². The van der Waals surface area contributed by atoms with Gasteiger partial charge in [0, 0.05) is 36.5 Å². The highest BCUT2D eigenvalue weighted by Gasteiger charge is 2.19. The van der Waals surface area contributed by atoms with Crippen molar-refractivity contribution in [1.82, 2.24) is 10.3 Å². The van der Waals surface area contributed by atoms with Crippen LogP contribution in [0.1, 0.15) is 11.3 Å². The average molecular weight is 492 g/mol. The predicted octanol–water partition coefficient (Wildman–Crippen LogP) is 2.68. The van der Waals surface area contributed by atoms with Crippen LogP contribution >= 0.6 is 24.0 Å². The summed E-state index contributed by atoms with van der Waals surface area (Å²) in [4.78, 5) is 8.37. The Kier molecular flexibility index (Phi) is 7.82. The first-order valence-corrected chi connectivity index (χ1v) is 7.93. The molecule has 0 atom stereocenters. The van der Waals surface area contributed by atoms with Crippen molar-refractivity contribution in [2.75, 3.05) is 13.3 Å². The number of aliphatic imine (C=N–C) groups is 1. The smallest absolute Gasteiger partial charge is 0.387 e. The van der Waals surface area contributed by atoms with Crippen LogP contribution in [0.4, 0.5) is 8.78 Å². The highest BCUT2D eigenvalue weighted by atomic mass is 127. The number of nitrogens with zero attached hydrogens (tertiary/aromatic N) is 2. The summed E-state index contributed by atoms with van der Waals surface area (Å²) < 4.78 is 40.2. The van der Waals surface area contributed by atoms with Gasteiger partial charge in [0.25, 0.3) is 0 Å². The number of benzene rings is 1. The molecule has 3 rings (SSSR count). The van der Waals surface area contributed by atoms with Gasteiger partial charge < -0.3 is 25.3 Å². The van der Waals surface area contributed by atoms with Gasteiger partial charge in [0.05, 0.1) is 6.54 Å². The molecule has 0 unspecified atom stereocenters. The van der Waals surface area contributed by atoms with Gasteiger partial charge in [-0.05, 0) is 18.2 Å². The van der Waals surface area contributed by atoms with Gasteiger partial charge in [0.1, 0.15) is 5.75 Å². The van der Waals surface area contributed by atoms with Gasteiger partial charge in [0.2, 0.25) is 6.79 Å². The fourth-order valence-electron chi connectivity index (χ4n) is 2.39. The Morgan fingerprint density at radius 3 is 2.78 bits per heavy atom. The molecule has 1 aromatic carbocycles. The predicted molar refractivity (Wildman–Crippen MR) is 106 cm³/mol. The van der Waals surface area contributed by atoms with Crippen LogP contribution in [0.15, 0.2) is 41.5 Å². The van der Waals surface area contributed by atoms with Crippen LogP contribution in [0.3, 0.4) is 0 Å². The maximum atomic E-state index is 12.6. The zero-order chi connectivity index (χ0) is 18.4. The number of nitrogens with one attached hydrogen (secondary N) is 1. The van der Waals surface area contributed by atoms with Gasteiger partial charge in [0.15, 0.2) is 17.5 Å². The molecular weight excluding hydrogens is 473 g/mol. The molecule has 10 heteroatoms. The fraction of sp³-hybridized carbons (Fsp3) is 0.294. The summed E-state index contributed by atoms with van der Waals surface area (Å²) >= 11 is 0. The lowest BCUT2D eigenvalue weighted by molar-refractivity contribution is -0.0505. The molecule has 0 radical (unpaired) electrons. The number of rotatable bonds is 7. The first-order chi connectivity index (χ1) is 12.6. The molecule has 1 aliphatic rings. The Hall–Kier alpha value is -2.37. The van der Waals surface area contributed by atoms with Gasteiger partial charge in [-0.15, -0.1) is 24.0 Å². The third-order valence-electron chi connectivity index (χ3n) is 3.60. The van der Waals surface area contributed by atoms with Gasteiger partial charge >= 0.3 is 6.61 Å². The first kappa shape index (κ1) is 20.9. The zero-order valence-corrected chi connectivity index (χ0v) is 16.6. The number of hydrogen-bond donors (Lipinski definition) is 2. The summed E-state index contributed by atoms with van der Waals surface area (Å²) in [5.74, 6) is 0.990. The molecule has 0 aliphatic carbocycles. The summed E-state index contributed by atoms with van der Waals surface area (Å²) in [6.45, 7) is -2.31. The molecule has 0 amide bonds. The molecule has 1 aliphatic heterocycles. The monoisotopic (exact) mass is 492 g/mol. The van der Waals surface area contributed by atoms with Gasteiger partial charge in [-0.3, -0.25) is 4.98 Å². The summed E-state index contributed by atoms with van der Waals surface area (Å²) in [6, 6.07) is 8.59. The SMILES string of the molecule is I.NC(=NCc1cc2c(cc1OC(F)F)OCO2)NCCc1ccccn1. The summed E-state index contributed by atoms with van der Waals surface area (Å²) in [6.07, 6.45) is 2.40. The van der Waals surface area contributed by atoms with Gasteiger partial charge in [-0.1, -0.05) is 6.07 Å². The fourth-order valence-corrected chi connectivity index (χ4v) is 2.39. The minimum atomic E-state index is -2.95. The lowest BCUT2D eigenvalue weighted by Crippen LogP contribution is -2.33. The molecule has 1 aromatic heterocycles. The van der Waals surface area contributed by atoms with Crippen molar-refractivity contribution in [2.45, 2.75) is 19.6 Å².